The second-order valence-corrected chi connectivity index (χ2v) is 9.45. The van der Waals surface area contributed by atoms with Crippen LogP contribution in [0.3, 0.4) is 0 Å². The van der Waals surface area contributed by atoms with E-state index >= 15 is 0 Å². The molecule has 39 heavy (non-hydrogen) atoms. The molecule has 11 heteroatoms. The maximum atomic E-state index is 13.4. The van der Waals surface area contributed by atoms with Crippen LogP contribution in [-0.2, 0) is 32.1 Å². The van der Waals surface area contributed by atoms with Gasteiger partial charge in [0.1, 0.15) is 24.4 Å². The number of amides is 2. The van der Waals surface area contributed by atoms with Crippen molar-refractivity contribution in [2.45, 2.75) is 64.3 Å². The molecular weight excluding hydrogens is 500 g/mol. The fraction of sp³-hybridized carbons (Fsp3) is 0.429. The van der Waals surface area contributed by atoms with Crippen molar-refractivity contribution in [2.75, 3.05) is 6.54 Å². The molecule has 212 valence electrons. The molecule has 9 N–H and O–H groups in total. The SMILES string of the molecule is CC[C@H](C)[C@H](NC(=O)[C@@H](N)CCCN=C(N)N)C(=O)N[C@@H](Cc1ccc(O)cc1)C(=O)OCc1ccccc1. The summed E-state index contributed by atoms with van der Waals surface area (Å²) < 4.78 is 5.51. The number of nitrogens with two attached hydrogens (primary N) is 3. The van der Waals surface area contributed by atoms with Gasteiger partial charge in [-0.2, -0.15) is 0 Å². The predicted octanol–water partition coefficient (Wildman–Crippen LogP) is 1.07. The highest BCUT2D eigenvalue weighted by atomic mass is 16.5. The number of esters is 1. The number of ether oxygens (including phenoxy) is 1. The molecule has 2 amide bonds. The Morgan fingerprint density at radius 3 is 2.26 bits per heavy atom. The molecule has 2 aromatic rings. The fourth-order valence-electron chi connectivity index (χ4n) is 3.76. The van der Waals surface area contributed by atoms with Gasteiger partial charge in [0.05, 0.1) is 6.04 Å². The van der Waals surface area contributed by atoms with E-state index in [0.29, 0.717) is 31.4 Å². The van der Waals surface area contributed by atoms with Gasteiger partial charge in [0, 0.05) is 13.0 Å². The van der Waals surface area contributed by atoms with E-state index in [2.05, 4.69) is 15.6 Å². The van der Waals surface area contributed by atoms with E-state index in [1.165, 1.54) is 12.1 Å². The van der Waals surface area contributed by atoms with Crippen molar-refractivity contribution in [3.63, 3.8) is 0 Å². The zero-order valence-electron chi connectivity index (χ0n) is 22.5. The number of phenolic OH excluding ortho intramolecular Hbond substituents is 1. The van der Waals surface area contributed by atoms with Crippen LogP contribution < -0.4 is 27.8 Å². The van der Waals surface area contributed by atoms with Crippen LogP contribution in [0, 0.1) is 5.92 Å². The third-order valence-corrected chi connectivity index (χ3v) is 6.30. The van der Waals surface area contributed by atoms with Gasteiger partial charge in [-0.1, -0.05) is 62.7 Å². The quantitative estimate of drug-likeness (QED) is 0.0835. The van der Waals surface area contributed by atoms with Crippen LogP contribution in [0.1, 0.15) is 44.2 Å². The summed E-state index contributed by atoms with van der Waals surface area (Å²) >= 11 is 0. The normalized spacial score (nSPS) is 13.8. The Labute approximate surface area is 229 Å². The highest BCUT2D eigenvalue weighted by molar-refractivity contribution is 5.92. The van der Waals surface area contributed by atoms with Crippen LogP contribution in [-0.4, -0.2) is 53.5 Å². The summed E-state index contributed by atoms with van der Waals surface area (Å²) in [5.41, 5.74) is 18.2. The molecule has 2 aromatic carbocycles. The predicted molar refractivity (Wildman–Crippen MR) is 149 cm³/mol. The third-order valence-electron chi connectivity index (χ3n) is 6.30. The number of carbonyl (C=O) groups excluding carboxylic acids is 3. The summed E-state index contributed by atoms with van der Waals surface area (Å²) in [5, 5.41) is 15.1. The van der Waals surface area contributed by atoms with Crippen LogP contribution in [0.4, 0.5) is 0 Å². The Bertz CT molecular complexity index is 1090. The maximum absolute atomic E-state index is 13.4. The molecule has 2 rings (SSSR count). The van der Waals surface area contributed by atoms with E-state index in [1.807, 2.05) is 44.2 Å². The summed E-state index contributed by atoms with van der Waals surface area (Å²) in [7, 11) is 0. The molecule has 0 aromatic heterocycles. The van der Waals surface area contributed by atoms with Crippen molar-refractivity contribution in [1.29, 1.82) is 0 Å². The first-order valence-electron chi connectivity index (χ1n) is 13.0. The van der Waals surface area contributed by atoms with Crippen molar-refractivity contribution >= 4 is 23.7 Å². The first kappa shape index (κ1) is 31.1. The van der Waals surface area contributed by atoms with E-state index in [0.717, 1.165) is 5.56 Å². The Morgan fingerprint density at radius 2 is 1.64 bits per heavy atom. The number of nitrogens with one attached hydrogen (secondary N) is 2. The Kier molecular flexibility index (Phi) is 12.7. The summed E-state index contributed by atoms with van der Waals surface area (Å²) in [4.78, 5) is 43.2. The number of benzene rings is 2. The van der Waals surface area contributed by atoms with Gasteiger partial charge in [-0.05, 0) is 42.0 Å². The van der Waals surface area contributed by atoms with Crippen molar-refractivity contribution in [1.82, 2.24) is 10.6 Å². The van der Waals surface area contributed by atoms with Crippen LogP contribution in [0.15, 0.2) is 59.6 Å². The molecular formula is C28H40N6O5. The van der Waals surface area contributed by atoms with E-state index in [1.54, 1.807) is 12.1 Å². The molecule has 0 spiro atoms. The zero-order chi connectivity index (χ0) is 28.8. The van der Waals surface area contributed by atoms with Gasteiger partial charge in [-0.3, -0.25) is 14.6 Å². The molecule has 11 nitrogen and oxygen atoms in total. The molecule has 0 saturated carbocycles. The number of aromatic hydroxyl groups is 1. The average molecular weight is 541 g/mol. The minimum absolute atomic E-state index is 0.0364. The summed E-state index contributed by atoms with van der Waals surface area (Å²) in [6, 6.07) is 12.7. The number of hydrogen-bond acceptors (Lipinski definition) is 7. The van der Waals surface area contributed by atoms with Crippen LogP contribution in [0.2, 0.25) is 0 Å². The summed E-state index contributed by atoms with van der Waals surface area (Å²) in [6.45, 7) is 4.11. The Balaban J connectivity index is 2.13. The monoisotopic (exact) mass is 540 g/mol. The van der Waals surface area contributed by atoms with E-state index in [-0.39, 0.29) is 30.7 Å². The largest absolute Gasteiger partial charge is 0.508 e. The first-order chi connectivity index (χ1) is 18.6. The second-order valence-electron chi connectivity index (χ2n) is 9.45. The molecule has 0 unspecified atom stereocenters. The second kappa shape index (κ2) is 16.0. The van der Waals surface area contributed by atoms with Gasteiger partial charge in [0.15, 0.2) is 5.96 Å². The lowest BCUT2D eigenvalue weighted by molar-refractivity contribution is -0.149. The highest BCUT2D eigenvalue weighted by Crippen LogP contribution is 2.14. The first-order valence-corrected chi connectivity index (χ1v) is 13.0. The van der Waals surface area contributed by atoms with Gasteiger partial charge in [0.2, 0.25) is 11.8 Å². The van der Waals surface area contributed by atoms with Crippen LogP contribution in [0.5, 0.6) is 5.75 Å². The number of guanidine groups is 1. The molecule has 4 atom stereocenters. The molecule has 0 aliphatic heterocycles. The van der Waals surface area contributed by atoms with Crippen molar-refractivity contribution in [2.24, 2.45) is 28.1 Å². The van der Waals surface area contributed by atoms with Crippen molar-refractivity contribution in [3.8, 4) is 5.75 Å². The van der Waals surface area contributed by atoms with Crippen molar-refractivity contribution < 1.29 is 24.2 Å². The summed E-state index contributed by atoms with van der Waals surface area (Å²) in [5.74, 6) is -1.82. The molecule has 0 bridgehead atoms. The van der Waals surface area contributed by atoms with Crippen LogP contribution in [0.25, 0.3) is 0 Å². The Morgan fingerprint density at radius 1 is 0.974 bits per heavy atom. The van der Waals surface area contributed by atoms with E-state index in [4.69, 9.17) is 21.9 Å². The molecule has 0 saturated heterocycles. The number of carbonyl (C=O) groups is 3. The molecule has 0 radical (unpaired) electrons. The van der Waals surface area contributed by atoms with Gasteiger partial charge < -0.3 is 37.7 Å². The van der Waals surface area contributed by atoms with Gasteiger partial charge in [-0.25, -0.2) is 4.79 Å². The van der Waals surface area contributed by atoms with Gasteiger partial charge >= 0.3 is 5.97 Å². The van der Waals surface area contributed by atoms with Gasteiger partial charge in [0.25, 0.3) is 0 Å². The van der Waals surface area contributed by atoms with Crippen LogP contribution >= 0.6 is 0 Å². The lowest BCUT2D eigenvalue weighted by Gasteiger charge is -2.27. The Hall–Kier alpha value is -4.12. The van der Waals surface area contributed by atoms with Gasteiger partial charge in [-0.15, -0.1) is 0 Å². The lowest BCUT2D eigenvalue weighted by Crippen LogP contribution is -2.57. The highest BCUT2D eigenvalue weighted by Gasteiger charge is 2.31. The maximum Gasteiger partial charge on any atom is 0.329 e. The fourth-order valence-corrected chi connectivity index (χ4v) is 3.76. The van der Waals surface area contributed by atoms with E-state index < -0.39 is 35.9 Å². The molecule has 0 aliphatic carbocycles. The summed E-state index contributed by atoms with van der Waals surface area (Å²) in [6.07, 6.45) is 1.55. The van der Waals surface area contributed by atoms with E-state index in [9.17, 15) is 19.5 Å². The minimum atomic E-state index is -1.03. The number of nitrogens with zero attached hydrogens (tertiary/aromatic N) is 1. The third kappa shape index (κ3) is 11.0. The molecule has 0 fully saturated rings. The number of aliphatic imine (C=N–C) groups is 1. The standard InChI is InChI=1S/C28H40N6O5/c1-3-18(2)24(34-25(36)22(29)10-7-15-32-28(30)31)26(37)33-23(16-19-11-13-21(35)14-12-19)27(38)39-17-20-8-5-4-6-9-20/h4-6,8-9,11-14,18,22-24,35H,3,7,10,15-17,29H2,1-2H3,(H,33,37)(H,34,36)(H4,30,31,32)/t18-,22-,23-,24-/m0/s1. The minimum Gasteiger partial charge on any atom is -0.508 e. The zero-order valence-corrected chi connectivity index (χ0v) is 22.5. The van der Waals surface area contributed by atoms with Crippen molar-refractivity contribution in [3.05, 3.63) is 65.7 Å². The lowest BCUT2D eigenvalue weighted by atomic mass is 9.96. The number of hydrogen-bond donors (Lipinski definition) is 6. The topological polar surface area (TPSA) is 195 Å². The molecule has 0 heterocycles. The smallest absolute Gasteiger partial charge is 0.329 e. The number of phenols is 1. The number of rotatable bonds is 15. The molecule has 0 aliphatic rings. The average Bonchev–Trinajstić information content (AvgIpc) is 2.93.